The predicted octanol–water partition coefficient (Wildman–Crippen LogP) is 2.45. The summed E-state index contributed by atoms with van der Waals surface area (Å²) < 4.78 is 2.13. The van der Waals surface area contributed by atoms with Crippen molar-refractivity contribution < 1.29 is 9.90 Å². The summed E-state index contributed by atoms with van der Waals surface area (Å²) in [5, 5.41) is 9.18. The van der Waals surface area contributed by atoms with Crippen molar-refractivity contribution in [3.05, 3.63) is 38.2 Å². The number of carbonyl (C=O) groups is 1. The van der Waals surface area contributed by atoms with Crippen LogP contribution in [0.5, 0.6) is 0 Å². The third kappa shape index (κ3) is 2.37. The van der Waals surface area contributed by atoms with Crippen LogP contribution in [0.15, 0.2) is 26.9 Å². The molecule has 0 saturated heterocycles. The molecule has 0 aliphatic rings. The molecule has 0 aliphatic carbocycles. The van der Waals surface area contributed by atoms with Crippen molar-refractivity contribution in [2.45, 2.75) is 13.5 Å². The highest BCUT2D eigenvalue weighted by Gasteiger charge is 2.17. The van der Waals surface area contributed by atoms with Crippen LogP contribution in [0.3, 0.4) is 0 Å². The van der Waals surface area contributed by atoms with Crippen molar-refractivity contribution in [1.82, 2.24) is 9.55 Å². The van der Waals surface area contributed by atoms with Crippen molar-refractivity contribution in [2.75, 3.05) is 0 Å². The van der Waals surface area contributed by atoms with Gasteiger partial charge in [-0.3, -0.25) is 4.57 Å². The number of aromatic nitrogens is 2. The number of aryl methyl sites for hydroxylation is 1. The highest BCUT2D eigenvalue weighted by Crippen LogP contribution is 2.31. The van der Waals surface area contributed by atoms with Crippen molar-refractivity contribution in [3.63, 3.8) is 0 Å². The zero-order valence-corrected chi connectivity index (χ0v) is 11.8. The van der Waals surface area contributed by atoms with Gasteiger partial charge in [0.25, 0.3) is 0 Å². The Morgan fingerprint density at radius 2 is 2.28 bits per heavy atom. The van der Waals surface area contributed by atoms with Gasteiger partial charge in [0, 0.05) is 12.7 Å². The maximum Gasteiger partial charge on any atom is 0.348 e. The fraction of sp³-hybridized carbons (Fsp3) is 0.182. The molecule has 0 bridgehead atoms. The Labute approximate surface area is 115 Å². The average Bonchev–Trinajstić information content (AvgIpc) is 2.75. The topological polar surface area (TPSA) is 72.2 Å². The minimum Gasteiger partial charge on any atom is -0.478 e. The van der Waals surface area contributed by atoms with E-state index in [1.54, 1.807) is 19.1 Å². The fourth-order valence-corrected chi connectivity index (χ4v) is 2.89. The van der Waals surface area contributed by atoms with E-state index in [1.165, 1.54) is 22.1 Å². The van der Waals surface area contributed by atoms with Gasteiger partial charge in [0.05, 0.1) is 8.66 Å². The SMILES string of the molecule is CCn1cc(C(=O)O)c(-c2ccc(Br)s2)nc1=O. The standard InChI is InChI=1S/C11H9BrN2O3S/c1-2-14-5-6(10(15)16)9(13-11(14)17)7-3-4-8(12)18-7/h3-5H,2H2,1H3,(H,15,16). The maximum absolute atomic E-state index is 11.7. The van der Waals surface area contributed by atoms with Crippen LogP contribution in [0.1, 0.15) is 17.3 Å². The molecule has 2 aromatic rings. The zero-order chi connectivity index (χ0) is 13.3. The lowest BCUT2D eigenvalue weighted by Crippen LogP contribution is -2.24. The number of hydrogen-bond donors (Lipinski definition) is 1. The summed E-state index contributed by atoms with van der Waals surface area (Å²) in [5.74, 6) is -1.09. The largest absolute Gasteiger partial charge is 0.478 e. The molecule has 1 N–H and O–H groups in total. The molecule has 0 spiro atoms. The van der Waals surface area contributed by atoms with E-state index < -0.39 is 11.7 Å². The Kier molecular flexibility index (Phi) is 3.63. The van der Waals surface area contributed by atoms with Crippen molar-refractivity contribution >= 4 is 33.2 Å². The van der Waals surface area contributed by atoms with E-state index in [0.717, 1.165) is 3.79 Å². The summed E-state index contributed by atoms with van der Waals surface area (Å²) in [4.78, 5) is 27.4. The number of thiophene rings is 1. The normalized spacial score (nSPS) is 10.6. The Balaban J connectivity index is 2.69. The van der Waals surface area contributed by atoms with E-state index in [0.29, 0.717) is 11.4 Å². The molecule has 5 nitrogen and oxygen atoms in total. The van der Waals surface area contributed by atoms with Crippen molar-refractivity contribution in [3.8, 4) is 10.6 Å². The fourth-order valence-electron chi connectivity index (χ4n) is 1.50. The van der Waals surface area contributed by atoms with Gasteiger partial charge in [0.1, 0.15) is 11.3 Å². The van der Waals surface area contributed by atoms with Gasteiger partial charge in [-0.05, 0) is 35.0 Å². The summed E-state index contributed by atoms with van der Waals surface area (Å²) >= 11 is 4.63. The molecule has 2 heterocycles. The first kappa shape index (κ1) is 13.0. The molecular formula is C11H9BrN2O3S. The van der Waals surface area contributed by atoms with E-state index in [4.69, 9.17) is 0 Å². The van der Waals surface area contributed by atoms with Crippen LogP contribution in [0.4, 0.5) is 0 Å². The number of hydrogen-bond acceptors (Lipinski definition) is 4. The van der Waals surface area contributed by atoms with Crippen molar-refractivity contribution in [2.24, 2.45) is 0 Å². The predicted molar refractivity (Wildman–Crippen MR) is 72.1 cm³/mol. The number of aromatic carboxylic acids is 1. The molecule has 7 heteroatoms. The molecule has 94 valence electrons. The third-order valence-corrected chi connectivity index (χ3v) is 4.00. The second kappa shape index (κ2) is 5.03. The molecule has 2 aromatic heterocycles. The highest BCUT2D eigenvalue weighted by molar-refractivity contribution is 9.11. The minimum atomic E-state index is -1.09. The van der Waals surface area contributed by atoms with E-state index in [9.17, 15) is 14.7 Å². The summed E-state index contributed by atoms with van der Waals surface area (Å²) in [6.45, 7) is 2.15. The highest BCUT2D eigenvalue weighted by atomic mass is 79.9. The first-order valence-corrected chi connectivity index (χ1v) is 6.74. The number of carboxylic acid groups (broad SMARTS) is 1. The van der Waals surface area contributed by atoms with E-state index >= 15 is 0 Å². The van der Waals surface area contributed by atoms with E-state index in [1.807, 2.05) is 0 Å². The molecule has 2 rings (SSSR count). The second-order valence-electron chi connectivity index (χ2n) is 3.48. The van der Waals surface area contributed by atoms with Crippen LogP contribution in [-0.2, 0) is 6.54 Å². The lowest BCUT2D eigenvalue weighted by Gasteiger charge is -2.06. The van der Waals surface area contributed by atoms with Gasteiger partial charge in [-0.15, -0.1) is 11.3 Å². The Bertz CT molecular complexity index is 663. The number of carboxylic acids is 1. The van der Waals surface area contributed by atoms with Crippen LogP contribution in [0, 0.1) is 0 Å². The Hall–Kier alpha value is -1.47. The molecule has 0 saturated carbocycles. The zero-order valence-electron chi connectivity index (χ0n) is 9.38. The molecule has 0 atom stereocenters. The van der Waals surface area contributed by atoms with Crippen LogP contribution < -0.4 is 5.69 Å². The summed E-state index contributed by atoms with van der Waals surface area (Å²) in [6, 6.07) is 3.53. The van der Waals surface area contributed by atoms with E-state index in [2.05, 4.69) is 20.9 Å². The van der Waals surface area contributed by atoms with Gasteiger partial charge >= 0.3 is 11.7 Å². The number of nitrogens with zero attached hydrogens (tertiary/aromatic N) is 2. The summed E-state index contributed by atoms with van der Waals surface area (Å²) in [7, 11) is 0. The average molecular weight is 329 g/mol. The minimum absolute atomic E-state index is 0.0331. The quantitative estimate of drug-likeness (QED) is 0.939. The first-order valence-electron chi connectivity index (χ1n) is 5.13. The molecular weight excluding hydrogens is 320 g/mol. The monoisotopic (exact) mass is 328 g/mol. The van der Waals surface area contributed by atoms with Gasteiger partial charge in [0.15, 0.2) is 0 Å². The first-order chi connectivity index (χ1) is 8.52. The number of halogens is 1. The Morgan fingerprint density at radius 3 is 2.78 bits per heavy atom. The van der Waals surface area contributed by atoms with Crippen LogP contribution in [0.2, 0.25) is 0 Å². The van der Waals surface area contributed by atoms with E-state index in [-0.39, 0.29) is 11.3 Å². The van der Waals surface area contributed by atoms with Crippen LogP contribution in [0.25, 0.3) is 10.6 Å². The molecule has 0 aromatic carbocycles. The van der Waals surface area contributed by atoms with Gasteiger partial charge in [0.2, 0.25) is 0 Å². The summed E-state index contributed by atoms with van der Waals surface area (Å²) in [5.41, 5.74) is -0.194. The van der Waals surface area contributed by atoms with Crippen LogP contribution >= 0.6 is 27.3 Å². The maximum atomic E-state index is 11.7. The van der Waals surface area contributed by atoms with Gasteiger partial charge in [-0.1, -0.05) is 0 Å². The molecule has 0 radical (unpaired) electrons. The van der Waals surface area contributed by atoms with Gasteiger partial charge in [-0.25, -0.2) is 9.59 Å². The molecule has 0 fully saturated rings. The van der Waals surface area contributed by atoms with Crippen molar-refractivity contribution in [1.29, 1.82) is 0 Å². The third-order valence-electron chi connectivity index (χ3n) is 2.37. The molecule has 0 aliphatic heterocycles. The molecule has 18 heavy (non-hydrogen) atoms. The second-order valence-corrected chi connectivity index (χ2v) is 5.94. The smallest absolute Gasteiger partial charge is 0.348 e. The summed E-state index contributed by atoms with van der Waals surface area (Å²) in [6.07, 6.45) is 1.33. The van der Waals surface area contributed by atoms with Gasteiger partial charge < -0.3 is 5.11 Å². The van der Waals surface area contributed by atoms with Gasteiger partial charge in [-0.2, -0.15) is 4.98 Å². The molecule has 0 amide bonds. The van der Waals surface area contributed by atoms with Crippen LogP contribution in [-0.4, -0.2) is 20.6 Å². The lowest BCUT2D eigenvalue weighted by atomic mass is 10.2. The Morgan fingerprint density at radius 1 is 1.56 bits per heavy atom. The molecule has 0 unspecified atom stereocenters. The number of rotatable bonds is 3. The lowest BCUT2D eigenvalue weighted by molar-refractivity contribution is 0.0696.